The van der Waals surface area contributed by atoms with E-state index in [1.165, 1.54) is 0 Å². The van der Waals surface area contributed by atoms with Crippen molar-refractivity contribution in [3.8, 4) is 0 Å². The van der Waals surface area contributed by atoms with Crippen LogP contribution in [0.15, 0.2) is 16.4 Å². The second-order valence-electron chi connectivity index (χ2n) is 6.78. The second kappa shape index (κ2) is 8.43. The molecule has 0 unspecified atom stereocenters. The third-order valence-electron chi connectivity index (χ3n) is 3.59. The Balaban J connectivity index is 2.03. The zero-order valence-electron chi connectivity index (χ0n) is 15.3. The molecule has 0 aliphatic rings. The van der Waals surface area contributed by atoms with E-state index in [-0.39, 0.29) is 5.41 Å². The van der Waals surface area contributed by atoms with Gasteiger partial charge in [0.1, 0.15) is 5.15 Å². The van der Waals surface area contributed by atoms with Crippen LogP contribution >= 0.6 is 34.5 Å². The Morgan fingerprint density at radius 1 is 1.32 bits per heavy atom. The van der Waals surface area contributed by atoms with E-state index in [2.05, 4.69) is 46.8 Å². The SMILES string of the molecule is CCNC(=NCc1csc(C(C)(C)C)n1)NCc1cc(Cl)c(Cl)n1C. The number of thiazole rings is 1. The summed E-state index contributed by atoms with van der Waals surface area (Å²) in [5, 5.41) is 10.8. The van der Waals surface area contributed by atoms with E-state index in [0.717, 1.165) is 28.9 Å². The normalized spacial score (nSPS) is 12.5. The van der Waals surface area contributed by atoms with Crippen molar-refractivity contribution in [2.24, 2.45) is 12.0 Å². The van der Waals surface area contributed by atoms with Gasteiger partial charge in [0.2, 0.25) is 0 Å². The van der Waals surface area contributed by atoms with E-state index in [0.29, 0.717) is 23.3 Å². The molecule has 25 heavy (non-hydrogen) atoms. The molecule has 0 aromatic carbocycles. The molecular formula is C17H25Cl2N5S. The first-order valence-corrected chi connectivity index (χ1v) is 9.82. The van der Waals surface area contributed by atoms with Gasteiger partial charge in [-0.15, -0.1) is 11.3 Å². The van der Waals surface area contributed by atoms with E-state index in [1.54, 1.807) is 11.3 Å². The van der Waals surface area contributed by atoms with Crippen molar-refractivity contribution < 1.29 is 0 Å². The predicted octanol–water partition coefficient (Wildman–Crippen LogP) is 4.34. The summed E-state index contributed by atoms with van der Waals surface area (Å²) in [6.07, 6.45) is 0. The van der Waals surface area contributed by atoms with Gasteiger partial charge in [-0.25, -0.2) is 9.98 Å². The lowest BCUT2D eigenvalue weighted by atomic mass is 9.98. The van der Waals surface area contributed by atoms with E-state index >= 15 is 0 Å². The molecule has 0 saturated heterocycles. The fourth-order valence-electron chi connectivity index (χ4n) is 2.16. The molecule has 2 aromatic rings. The fraction of sp³-hybridized carbons (Fsp3) is 0.529. The van der Waals surface area contributed by atoms with Gasteiger partial charge in [-0.05, 0) is 13.0 Å². The van der Waals surface area contributed by atoms with Gasteiger partial charge >= 0.3 is 0 Å². The molecule has 0 atom stereocenters. The van der Waals surface area contributed by atoms with Crippen molar-refractivity contribution in [1.29, 1.82) is 0 Å². The van der Waals surface area contributed by atoms with Crippen LogP contribution in [0.4, 0.5) is 0 Å². The minimum absolute atomic E-state index is 0.0699. The average molecular weight is 402 g/mol. The monoisotopic (exact) mass is 401 g/mol. The molecule has 0 saturated carbocycles. The molecule has 0 radical (unpaired) electrons. The number of nitrogens with one attached hydrogen (secondary N) is 2. The van der Waals surface area contributed by atoms with Crippen molar-refractivity contribution in [3.63, 3.8) is 0 Å². The largest absolute Gasteiger partial charge is 0.357 e. The van der Waals surface area contributed by atoms with Crippen molar-refractivity contribution in [1.82, 2.24) is 20.2 Å². The molecule has 138 valence electrons. The molecule has 8 heteroatoms. The number of halogens is 2. The van der Waals surface area contributed by atoms with Gasteiger partial charge in [0, 0.05) is 30.1 Å². The Hall–Kier alpha value is -1.24. The maximum Gasteiger partial charge on any atom is 0.191 e. The summed E-state index contributed by atoms with van der Waals surface area (Å²) in [4.78, 5) is 9.29. The van der Waals surface area contributed by atoms with E-state index in [9.17, 15) is 0 Å². The zero-order valence-corrected chi connectivity index (χ0v) is 17.6. The topological polar surface area (TPSA) is 54.2 Å². The van der Waals surface area contributed by atoms with E-state index in [4.69, 9.17) is 23.2 Å². The molecule has 5 nitrogen and oxygen atoms in total. The van der Waals surface area contributed by atoms with E-state index in [1.807, 2.05) is 24.6 Å². The van der Waals surface area contributed by atoms with Gasteiger partial charge < -0.3 is 15.2 Å². The van der Waals surface area contributed by atoms with Crippen LogP contribution in [0.25, 0.3) is 0 Å². The lowest BCUT2D eigenvalue weighted by Gasteiger charge is -2.13. The molecule has 0 aliphatic heterocycles. The van der Waals surface area contributed by atoms with Crippen LogP contribution in [0, 0.1) is 0 Å². The summed E-state index contributed by atoms with van der Waals surface area (Å²) in [6, 6.07) is 1.86. The number of aromatic nitrogens is 2. The maximum atomic E-state index is 6.11. The first kappa shape index (κ1) is 20.1. The number of guanidine groups is 1. The van der Waals surface area contributed by atoms with E-state index < -0.39 is 0 Å². The van der Waals surface area contributed by atoms with Crippen LogP contribution in [0.1, 0.15) is 44.1 Å². The quantitative estimate of drug-likeness (QED) is 0.578. The molecular weight excluding hydrogens is 377 g/mol. The van der Waals surface area contributed by atoms with Crippen molar-refractivity contribution in [2.75, 3.05) is 6.54 Å². The zero-order chi connectivity index (χ0) is 18.6. The third-order valence-corrected chi connectivity index (χ3v) is 5.75. The minimum Gasteiger partial charge on any atom is -0.357 e. The Bertz CT molecular complexity index is 743. The highest BCUT2D eigenvalue weighted by molar-refractivity contribution is 7.09. The summed E-state index contributed by atoms with van der Waals surface area (Å²) >= 11 is 13.8. The average Bonchev–Trinajstić information content (AvgIpc) is 3.11. The molecule has 0 amide bonds. The smallest absolute Gasteiger partial charge is 0.191 e. The number of aliphatic imine (C=N–C) groups is 1. The molecule has 2 N–H and O–H groups in total. The fourth-order valence-corrected chi connectivity index (χ4v) is 3.47. The van der Waals surface area contributed by atoms with Crippen LogP contribution in [0.5, 0.6) is 0 Å². The highest BCUT2D eigenvalue weighted by atomic mass is 35.5. The Labute approximate surface area is 163 Å². The van der Waals surface area contributed by atoms with Crippen LogP contribution in [0.2, 0.25) is 10.2 Å². The lowest BCUT2D eigenvalue weighted by Crippen LogP contribution is -2.37. The van der Waals surface area contributed by atoms with Gasteiger partial charge in [0.25, 0.3) is 0 Å². The van der Waals surface area contributed by atoms with Crippen LogP contribution in [-0.4, -0.2) is 22.1 Å². The molecule has 0 bridgehead atoms. The molecule has 2 rings (SSSR count). The predicted molar refractivity (Wildman–Crippen MR) is 108 cm³/mol. The van der Waals surface area contributed by atoms with Gasteiger partial charge in [-0.1, -0.05) is 44.0 Å². The van der Waals surface area contributed by atoms with Crippen LogP contribution in [-0.2, 0) is 25.6 Å². The van der Waals surface area contributed by atoms with Crippen LogP contribution in [0.3, 0.4) is 0 Å². The van der Waals surface area contributed by atoms with Crippen molar-refractivity contribution in [2.45, 2.75) is 46.2 Å². The Morgan fingerprint density at radius 3 is 2.56 bits per heavy atom. The van der Waals surface area contributed by atoms with Gasteiger partial charge in [-0.3, -0.25) is 0 Å². The third kappa shape index (κ3) is 5.36. The maximum absolute atomic E-state index is 6.11. The van der Waals surface area contributed by atoms with Crippen molar-refractivity contribution in [3.05, 3.63) is 38.0 Å². The summed E-state index contributed by atoms with van der Waals surface area (Å²) in [7, 11) is 1.89. The van der Waals surface area contributed by atoms with Crippen LogP contribution < -0.4 is 10.6 Å². The van der Waals surface area contributed by atoms with Crippen molar-refractivity contribution >= 4 is 40.5 Å². The summed E-state index contributed by atoms with van der Waals surface area (Å²) in [5.74, 6) is 0.737. The first-order chi connectivity index (χ1) is 11.7. The number of rotatable bonds is 5. The van der Waals surface area contributed by atoms with Gasteiger partial charge in [-0.2, -0.15) is 0 Å². The molecule has 2 heterocycles. The summed E-state index contributed by atoms with van der Waals surface area (Å²) in [5.41, 5.74) is 2.04. The molecule has 2 aromatic heterocycles. The molecule has 0 fully saturated rings. The standard InChI is InChI=1S/C17H25Cl2N5S/c1-6-20-16(22-9-12-7-13(18)14(19)24(12)5)21-8-11-10-25-15(23-11)17(2,3)4/h7,10H,6,8-9H2,1-5H3,(H2,20,21,22). The number of hydrogen-bond acceptors (Lipinski definition) is 3. The number of nitrogens with zero attached hydrogens (tertiary/aromatic N) is 3. The minimum atomic E-state index is 0.0699. The Kier molecular flexibility index (Phi) is 6.77. The lowest BCUT2D eigenvalue weighted by molar-refractivity contribution is 0.583. The first-order valence-electron chi connectivity index (χ1n) is 8.19. The highest BCUT2D eigenvalue weighted by Crippen LogP contribution is 2.26. The van der Waals surface area contributed by atoms with Gasteiger partial charge in [0.15, 0.2) is 5.96 Å². The molecule has 0 spiro atoms. The Morgan fingerprint density at radius 2 is 2.04 bits per heavy atom. The molecule has 0 aliphatic carbocycles. The second-order valence-corrected chi connectivity index (χ2v) is 8.40. The van der Waals surface area contributed by atoms with Gasteiger partial charge in [0.05, 0.1) is 28.8 Å². The highest BCUT2D eigenvalue weighted by Gasteiger charge is 2.17. The summed E-state index contributed by atoms with van der Waals surface area (Å²) < 4.78 is 1.86. The number of hydrogen-bond donors (Lipinski definition) is 2. The summed E-state index contributed by atoms with van der Waals surface area (Å²) in [6.45, 7) is 10.4.